The molecule has 0 amide bonds. The van der Waals surface area contributed by atoms with Gasteiger partial charge in [0.05, 0.1) is 12.0 Å². The largest absolute Gasteiger partial charge is 0.494 e. The van der Waals surface area contributed by atoms with Crippen LogP contribution in [0.3, 0.4) is 0 Å². The van der Waals surface area contributed by atoms with Crippen LogP contribution in [0.4, 0.5) is 11.5 Å². The van der Waals surface area contributed by atoms with Gasteiger partial charge in [-0.05, 0) is 25.1 Å². The summed E-state index contributed by atoms with van der Waals surface area (Å²) < 4.78 is 5.19. The molecular formula is C13H14N4O3. The van der Waals surface area contributed by atoms with Crippen molar-refractivity contribution < 1.29 is 9.66 Å². The Kier molecular flexibility index (Phi) is 4.09. The third-order valence-corrected chi connectivity index (χ3v) is 2.64. The molecule has 0 aliphatic carbocycles. The molecule has 104 valence electrons. The van der Waals surface area contributed by atoms with Crippen molar-refractivity contribution in [1.29, 1.82) is 0 Å². The molecule has 2 aromatic rings. The first-order valence-electron chi connectivity index (χ1n) is 6.06. The van der Waals surface area contributed by atoms with E-state index in [1.807, 2.05) is 6.92 Å². The number of nitrogens with one attached hydrogen (secondary N) is 1. The van der Waals surface area contributed by atoms with E-state index >= 15 is 0 Å². The molecule has 0 unspecified atom stereocenters. The summed E-state index contributed by atoms with van der Waals surface area (Å²) in [7, 11) is 1.49. The number of pyridine rings is 2. The Labute approximate surface area is 115 Å². The maximum Gasteiger partial charge on any atom is 0.297 e. The number of nitrogens with zero attached hydrogens (tertiary/aromatic N) is 3. The van der Waals surface area contributed by atoms with Gasteiger partial charge in [0.2, 0.25) is 0 Å². The fourth-order valence-electron chi connectivity index (χ4n) is 1.79. The van der Waals surface area contributed by atoms with Gasteiger partial charge in [-0.1, -0.05) is 0 Å². The monoisotopic (exact) mass is 274 g/mol. The third kappa shape index (κ3) is 2.66. The first-order valence-corrected chi connectivity index (χ1v) is 6.06. The lowest BCUT2D eigenvalue weighted by molar-refractivity contribution is -0.384. The first kappa shape index (κ1) is 13.7. The third-order valence-electron chi connectivity index (χ3n) is 2.64. The van der Waals surface area contributed by atoms with Gasteiger partial charge in [-0.2, -0.15) is 0 Å². The van der Waals surface area contributed by atoms with Gasteiger partial charge in [0.25, 0.3) is 5.69 Å². The number of rotatable bonds is 5. The molecular weight excluding hydrogens is 260 g/mol. The average Bonchev–Trinajstić information content (AvgIpc) is 2.47. The molecule has 0 fully saturated rings. The van der Waals surface area contributed by atoms with E-state index in [1.165, 1.54) is 13.2 Å². The van der Waals surface area contributed by atoms with Gasteiger partial charge in [-0.3, -0.25) is 15.1 Å². The molecule has 0 bridgehead atoms. The van der Waals surface area contributed by atoms with Crippen LogP contribution in [0.15, 0.2) is 30.5 Å². The van der Waals surface area contributed by atoms with E-state index in [9.17, 15) is 10.1 Å². The lowest BCUT2D eigenvalue weighted by Gasteiger charge is -2.09. The van der Waals surface area contributed by atoms with Crippen molar-refractivity contribution in [3.63, 3.8) is 0 Å². The molecule has 20 heavy (non-hydrogen) atoms. The quantitative estimate of drug-likeness (QED) is 0.665. The molecule has 7 nitrogen and oxygen atoms in total. The normalized spacial score (nSPS) is 10.1. The Bertz CT molecular complexity index is 631. The lowest BCUT2D eigenvalue weighted by Crippen LogP contribution is -2.03. The van der Waals surface area contributed by atoms with E-state index in [0.29, 0.717) is 23.8 Å². The predicted molar refractivity (Wildman–Crippen MR) is 74.8 cm³/mol. The number of hydrogen-bond acceptors (Lipinski definition) is 6. The SMILES string of the molecule is CCNc1ccc([N+](=O)[O-])c(-c2ncccc2OC)n1. The second kappa shape index (κ2) is 5.96. The van der Waals surface area contributed by atoms with Crippen LogP contribution in [-0.2, 0) is 0 Å². The maximum atomic E-state index is 11.1. The number of hydrogen-bond donors (Lipinski definition) is 1. The van der Waals surface area contributed by atoms with Crippen LogP contribution < -0.4 is 10.1 Å². The summed E-state index contributed by atoms with van der Waals surface area (Å²) in [5.41, 5.74) is 0.427. The summed E-state index contributed by atoms with van der Waals surface area (Å²) >= 11 is 0. The highest BCUT2D eigenvalue weighted by molar-refractivity contribution is 5.73. The predicted octanol–water partition coefficient (Wildman–Crippen LogP) is 2.49. The zero-order chi connectivity index (χ0) is 14.5. The van der Waals surface area contributed by atoms with Crippen molar-refractivity contribution in [1.82, 2.24) is 9.97 Å². The number of nitro groups is 1. The summed E-state index contributed by atoms with van der Waals surface area (Å²) in [4.78, 5) is 19.1. The van der Waals surface area contributed by atoms with Crippen LogP contribution >= 0.6 is 0 Å². The van der Waals surface area contributed by atoms with Crippen LogP contribution in [0.1, 0.15) is 6.92 Å². The van der Waals surface area contributed by atoms with Gasteiger partial charge in [-0.15, -0.1) is 0 Å². The molecule has 7 heteroatoms. The fourth-order valence-corrected chi connectivity index (χ4v) is 1.79. The second-order valence-electron chi connectivity index (χ2n) is 3.91. The molecule has 0 spiro atoms. The number of aromatic nitrogens is 2. The van der Waals surface area contributed by atoms with E-state index in [-0.39, 0.29) is 11.4 Å². The van der Waals surface area contributed by atoms with Crippen molar-refractivity contribution in [3.8, 4) is 17.1 Å². The number of methoxy groups -OCH3 is 1. The topological polar surface area (TPSA) is 90.2 Å². The van der Waals surface area contributed by atoms with Crippen molar-refractivity contribution in [3.05, 3.63) is 40.6 Å². The van der Waals surface area contributed by atoms with E-state index in [2.05, 4.69) is 15.3 Å². The van der Waals surface area contributed by atoms with Gasteiger partial charge < -0.3 is 10.1 Å². The van der Waals surface area contributed by atoms with Crippen LogP contribution in [0.5, 0.6) is 5.75 Å². The van der Waals surface area contributed by atoms with Crippen molar-refractivity contribution >= 4 is 11.5 Å². The zero-order valence-corrected chi connectivity index (χ0v) is 11.2. The second-order valence-corrected chi connectivity index (χ2v) is 3.91. The minimum absolute atomic E-state index is 0.108. The molecule has 2 rings (SSSR count). The summed E-state index contributed by atoms with van der Waals surface area (Å²) in [6.07, 6.45) is 1.54. The standard InChI is InChI=1S/C13H14N4O3/c1-3-14-11-7-6-9(17(18)19)12(16-11)13-10(20-2)5-4-8-15-13/h4-8H,3H2,1-2H3,(H,14,16). The number of ether oxygens (including phenoxy) is 1. The van der Waals surface area contributed by atoms with E-state index < -0.39 is 4.92 Å². The van der Waals surface area contributed by atoms with Gasteiger partial charge in [-0.25, -0.2) is 4.98 Å². The molecule has 2 heterocycles. The van der Waals surface area contributed by atoms with E-state index in [1.54, 1.807) is 24.4 Å². The van der Waals surface area contributed by atoms with Crippen LogP contribution in [0.25, 0.3) is 11.4 Å². The smallest absolute Gasteiger partial charge is 0.297 e. The highest BCUT2D eigenvalue weighted by Gasteiger charge is 2.21. The lowest BCUT2D eigenvalue weighted by atomic mass is 10.2. The van der Waals surface area contributed by atoms with Gasteiger partial charge in [0, 0.05) is 18.8 Å². The minimum Gasteiger partial charge on any atom is -0.494 e. The van der Waals surface area contributed by atoms with E-state index in [0.717, 1.165) is 0 Å². The van der Waals surface area contributed by atoms with Crippen LogP contribution in [-0.4, -0.2) is 28.5 Å². The molecule has 0 saturated heterocycles. The van der Waals surface area contributed by atoms with Crippen molar-refractivity contribution in [2.24, 2.45) is 0 Å². The summed E-state index contributed by atoms with van der Waals surface area (Å²) in [6, 6.07) is 6.37. The molecule has 2 aromatic heterocycles. The molecule has 0 aliphatic rings. The highest BCUT2D eigenvalue weighted by Crippen LogP contribution is 2.33. The molecule has 0 atom stereocenters. The molecule has 0 aliphatic heterocycles. The molecule has 1 N–H and O–H groups in total. The van der Waals surface area contributed by atoms with Gasteiger partial charge in [0.1, 0.15) is 17.3 Å². The maximum absolute atomic E-state index is 11.1. The zero-order valence-electron chi connectivity index (χ0n) is 11.2. The summed E-state index contributed by atoms with van der Waals surface area (Å²) in [5, 5.41) is 14.2. The average molecular weight is 274 g/mol. The molecule has 0 aromatic carbocycles. The minimum atomic E-state index is -0.480. The fraction of sp³-hybridized carbons (Fsp3) is 0.231. The Morgan fingerprint density at radius 2 is 2.15 bits per heavy atom. The van der Waals surface area contributed by atoms with Crippen molar-refractivity contribution in [2.45, 2.75) is 6.92 Å². The summed E-state index contributed by atoms with van der Waals surface area (Å²) in [5.74, 6) is 0.998. The van der Waals surface area contributed by atoms with Crippen LogP contribution in [0.2, 0.25) is 0 Å². The van der Waals surface area contributed by atoms with E-state index in [4.69, 9.17) is 4.74 Å². The Morgan fingerprint density at radius 3 is 2.80 bits per heavy atom. The Morgan fingerprint density at radius 1 is 1.35 bits per heavy atom. The highest BCUT2D eigenvalue weighted by atomic mass is 16.6. The van der Waals surface area contributed by atoms with Crippen LogP contribution in [0, 0.1) is 10.1 Å². The Hall–Kier alpha value is -2.70. The number of anilines is 1. The molecule has 0 radical (unpaired) electrons. The van der Waals surface area contributed by atoms with Crippen molar-refractivity contribution in [2.75, 3.05) is 19.0 Å². The van der Waals surface area contributed by atoms with Gasteiger partial charge in [0.15, 0.2) is 5.69 Å². The summed E-state index contributed by atoms with van der Waals surface area (Å²) in [6.45, 7) is 2.59. The Balaban J connectivity index is 2.62. The van der Waals surface area contributed by atoms with Gasteiger partial charge >= 0.3 is 0 Å². The molecule has 0 saturated carbocycles. The first-order chi connectivity index (χ1) is 9.67.